The maximum absolute atomic E-state index is 10.9. The topological polar surface area (TPSA) is 40.1 Å². The molecule has 0 saturated heterocycles. The van der Waals surface area contributed by atoms with Crippen molar-refractivity contribution in [2.45, 2.75) is 0 Å². The zero-order valence-corrected chi connectivity index (χ0v) is 14.4. The summed E-state index contributed by atoms with van der Waals surface area (Å²) < 4.78 is 0.930. The number of fused-ring (bicyclic) bond motifs is 1. The van der Waals surface area contributed by atoms with Gasteiger partial charge in [-0.2, -0.15) is 0 Å². The molecule has 0 saturated carbocycles. The minimum absolute atomic E-state index is 0. The average molecular weight is 501 g/mol. The number of hydrogen-bond donors (Lipinski definition) is 0. The van der Waals surface area contributed by atoms with Crippen molar-refractivity contribution < 1.29 is 9.90 Å². The first kappa shape index (κ1) is 12.9. The van der Waals surface area contributed by atoms with E-state index in [1.54, 1.807) is 12.1 Å². The van der Waals surface area contributed by atoms with Crippen molar-refractivity contribution in [2.24, 2.45) is 0 Å². The summed E-state index contributed by atoms with van der Waals surface area (Å²) in [4.78, 5) is 10.9. The molecule has 2 rings (SSSR count). The molecule has 0 bridgehead atoms. The van der Waals surface area contributed by atoms with Crippen molar-refractivity contribution in [1.82, 2.24) is 0 Å². The summed E-state index contributed by atoms with van der Waals surface area (Å²) >= 11 is 2.13. The summed E-state index contributed by atoms with van der Waals surface area (Å²) in [7, 11) is 0. The number of hydrogen-bond acceptors (Lipinski definition) is 2. The molecule has 0 spiro atoms. The van der Waals surface area contributed by atoms with Crippen LogP contribution in [0.4, 0.5) is 0 Å². The van der Waals surface area contributed by atoms with Crippen molar-refractivity contribution >= 4 is 66.6 Å². The van der Waals surface area contributed by atoms with Gasteiger partial charge in [-0.3, -0.25) is 0 Å². The Morgan fingerprint density at radius 1 is 1.13 bits per heavy atom. The second-order valence-electron chi connectivity index (χ2n) is 2.93. The Labute approximate surface area is 121 Å². The predicted molar refractivity (Wildman–Crippen MR) is 66.7 cm³/mol. The van der Waals surface area contributed by atoms with E-state index in [1.165, 1.54) is 0 Å². The van der Waals surface area contributed by atoms with Crippen LogP contribution >= 0.6 is 22.6 Å². The molecule has 0 radical (unpaired) electrons. The number of carbonyl (C=O) groups is 1. The molecule has 2 nitrogen and oxygen atoms in total. The average Bonchev–Trinajstić information content (AvgIpc) is 2.17. The summed E-state index contributed by atoms with van der Waals surface area (Å²) in [5, 5.41) is 12.5. The molecule has 2 aromatic rings. The molecule has 72 valence electrons. The standard InChI is InChI=1S/C11H7IO2.Tl/c12-9-6-2-4-7-3-1-5-8(10(7)9)11(13)14;/h1-6H,(H,13,14);/q;+1/p-1. The summed E-state index contributed by atoms with van der Waals surface area (Å²) in [6, 6.07) is 10.9. The van der Waals surface area contributed by atoms with Gasteiger partial charge in [0.2, 0.25) is 0 Å². The third-order valence-corrected chi connectivity index (χ3v) is 2.97. The van der Waals surface area contributed by atoms with Gasteiger partial charge in [-0.15, -0.1) is 0 Å². The first-order valence-corrected chi connectivity index (χ1v) is 5.16. The molecule has 0 aliphatic heterocycles. The first-order chi connectivity index (χ1) is 6.70. The molecule has 2 aromatic carbocycles. The Bertz CT molecular complexity index is 506. The van der Waals surface area contributed by atoms with Gasteiger partial charge in [0, 0.05) is 14.5 Å². The van der Waals surface area contributed by atoms with E-state index in [2.05, 4.69) is 22.6 Å². The van der Waals surface area contributed by atoms with Crippen LogP contribution in [0.3, 0.4) is 0 Å². The van der Waals surface area contributed by atoms with Gasteiger partial charge in [-0.25, -0.2) is 0 Å². The van der Waals surface area contributed by atoms with E-state index in [4.69, 9.17) is 0 Å². The van der Waals surface area contributed by atoms with Crippen LogP contribution in [0.25, 0.3) is 10.8 Å². The normalized spacial score (nSPS) is 9.67. The molecular formula is C11H6IO2Tl. The maximum Gasteiger partial charge on any atom is 1.00 e. The van der Waals surface area contributed by atoms with Gasteiger partial charge in [-0.05, 0) is 34.0 Å². The molecule has 0 fully saturated rings. The number of aromatic carboxylic acids is 1. The third kappa shape index (κ3) is 2.50. The van der Waals surface area contributed by atoms with Crippen LogP contribution in [-0.4, -0.2) is 33.3 Å². The van der Waals surface area contributed by atoms with Gasteiger partial charge in [-0.1, -0.05) is 30.3 Å². The SMILES string of the molecule is O=C([O-])c1cccc2cccc(I)c12.[Tl+]. The van der Waals surface area contributed by atoms with Crippen LogP contribution in [0.15, 0.2) is 36.4 Å². The molecule has 0 aliphatic rings. The van der Waals surface area contributed by atoms with Crippen LogP contribution in [-0.2, 0) is 0 Å². The Hall–Kier alpha value is -0.178. The smallest absolute Gasteiger partial charge is 0.545 e. The Kier molecular flexibility index (Phi) is 4.50. The predicted octanol–water partition coefficient (Wildman–Crippen LogP) is 1.43. The Morgan fingerprint density at radius 2 is 1.73 bits per heavy atom. The van der Waals surface area contributed by atoms with E-state index in [1.807, 2.05) is 24.3 Å². The van der Waals surface area contributed by atoms with Gasteiger partial charge in [0.05, 0.1) is 5.97 Å². The van der Waals surface area contributed by atoms with Gasteiger partial charge in [0.15, 0.2) is 0 Å². The zero-order valence-electron chi connectivity index (χ0n) is 7.74. The van der Waals surface area contributed by atoms with E-state index in [0.29, 0.717) is 0 Å². The molecule has 0 aromatic heterocycles. The first-order valence-electron chi connectivity index (χ1n) is 4.09. The van der Waals surface area contributed by atoms with E-state index in [-0.39, 0.29) is 32.9 Å². The zero-order chi connectivity index (χ0) is 10.1. The minimum Gasteiger partial charge on any atom is -0.545 e. The molecule has 0 N–H and O–H groups in total. The van der Waals surface area contributed by atoms with Crippen molar-refractivity contribution in [3.05, 3.63) is 45.5 Å². The summed E-state index contributed by atoms with van der Waals surface area (Å²) in [5.74, 6) is -1.13. The largest absolute Gasteiger partial charge is 1.00 e. The van der Waals surface area contributed by atoms with Gasteiger partial charge < -0.3 is 9.90 Å². The number of carbonyl (C=O) groups excluding carboxylic acids is 1. The van der Waals surface area contributed by atoms with Crippen LogP contribution in [0, 0.1) is 3.57 Å². The molecule has 0 unspecified atom stereocenters. The fraction of sp³-hybridized carbons (Fsp3) is 0. The van der Waals surface area contributed by atoms with Gasteiger partial charge in [0.25, 0.3) is 0 Å². The third-order valence-electron chi connectivity index (χ3n) is 2.07. The van der Waals surface area contributed by atoms with E-state index < -0.39 is 5.97 Å². The second kappa shape index (κ2) is 5.24. The van der Waals surface area contributed by atoms with E-state index >= 15 is 0 Å². The summed E-state index contributed by atoms with van der Waals surface area (Å²) in [6.07, 6.45) is 0. The fourth-order valence-corrected chi connectivity index (χ4v) is 2.27. The molecule has 15 heavy (non-hydrogen) atoms. The van der Waals surface area contributed by atoms with Crippen molar-refractivity contribution in [2.75, 3.05) is 0 Å². The van der Waals surface area contributed by atoms with Crippen molar-refractivity contribution in [3.8, 4) is 0 Å². The molecule has 0 aliphatic carbocycles. The monoisotopic (exact) mass is 502 g/mol. The Balaban J connectivity index is 0.00000112. The number of carboxylic acids is 1. The Morgan fingerprint density at radius 3 is 2.33 bits per heavy atom. The number of rotatable bonds is 1. The van der Waals surface area contributed by atoms with Crippen LogP contribution in [0.1, 0.15) is 10.4 Å². The van der Waals surface area contributed by atoms with E-state index in [9.17, 15) is 9.90 Å². The molecule has 0 atom stereocenters. The van der Waals surface area contributed by atoms with Crippen LogP contribution in [0.2, 0.25) is 0 Å². The maximum atomic E-state index is 10.9. The molecule has 0 amide bonds. The summed E-state index contributed by atoms with van der Waals surface area (Å²) in [5.41, 5.74) is 0.257. The quantitative estimate of drug-likeness (QED) is 0.438. The van der Waals surface area contributed by atoms with Gasteiger partial charge >= 0.3 is 27.3 Å². The minimum atomic E-state index is -1.13. The molecule has 4 heteroatoms. The number of halogens is 1. The van der Waals surface area contributed by atoms with Crippen LogP contribution < -0.4 is 5.11 Å². The fourth-order valence-electron chi connectivity index (χ4n) is 1.47. The molecule has 0 heterocycles. The van der Waals surface area contributed by atoms with Crippen molar-refractivity contribution in [3.63, 3.8) is 0 Å². The number of benzene rings is 2. The second-order valence-corrected chi connectivity index (χ2v) is 4.09. The molecular weight excluding hydrogens is 495 g/mol. The van der Waals surface area contributed by atoms with Gasteiger partial charge in [0.1, 0.15) is 0 Å². The van der Waals surface area contributed by atoms with E-state index in [0.717, 1.165) is 14.3 Å². The van der Waals surface area contributed by atoms with Crippen molar-refractivity contribution in [1.29, 1.82) is 0 Å². The summed E-state index contributed by atoms with van der Waals surface area (Å²) in [6.45, 7) is 0. The van der Waals surface area contributed by atoms with Crippen LogP contribution in [0.5, 0.6) is 0 Å². The number of carboxylic acid groups (broad SMARTS) is 1.